The van der Waals surface area contributed by atoms with Gasteiger partial charge in [-0.3, -0.25) is 9.47 Å². The monoisotopic (exact) mass is 422 g/mol. The maximum Gasteiger partial charge on any atom is 0.329 e. The summed E-state index contributed by atoms with van der Waals surface area (Å²) < 4.78 is 1.44. The van der Waals surface area contributed by atoms with Crippen LogP contribution in [0.3, 0.4) is 0 Å². The van der Waals surface area contributed by atoms with Crippen LogP contribution < -0.4 is 0 Å². The largest absolute Gasteiger partial charge is 0.508 e. The topological polar surface area (TPSA) is 102 Å². The number of carbonyl (C=O) groups excluding carboxylic acids is 1. The Morgan fingerprint density at radius 3 is 2.58 bits per heavy atom. The predicted octanol–water partition coefficient (Wildman–Crippen LogP) is 3.23. The Hall–Kier alpha value is -3.52. The van der Waals surface area contributed by atoms with Crippen LogP contribution in [0.15, 0.2) is 55.0 Å². The molecule has 0 saturated carbocycles. The predicted molar refractivity (Wildman–Crippen MR) is 116 cm³/mol. The van der Waals surface area contributed by atoms with Crippen LogP contribution in [-0.2, 0) is 6.54 Å². The second-order valence-corrected chi connectivity index (χ2v) is 7.94. The molecule has 31 heavy (non-hydrogen) atoms. The molecule has 2 heterocycles. The van der Waals surface area contributed by atoms with E-state index in [1.54, 1.807) is 29.3 Å². The molecule has 3 aromatic rings. The Labute approximate surface area is 180 Å². The van der Waals surface area contributed by atoms with Crippen molar-refractivity contribution in [3.8, 4) is 28.5 Å². The maximum absolute atomic E-state index is 12.9. The standard InChI is InChI=1S/C23H26N4O4/c1-25(18-7-9-26(10-8-18)13-16-3-2-4-19(28)11-16)23(31)27-14-20(24-15-27)17-5-6-21(29)22(30)12-17/h2-6,11-12,14-15,18,28-30H,7-10,13H2,1H3. The molecule has 1 aliphatic heterocycles. The number of nitrogens with zero attached hydrogens (tertiary/aromatic N) is 4. The smallest absolute Gasteiger partial charge is 0.329 e. The Morgan fingerprint density at radius 1 is 1.10 bits per heavy atom. The lowest BCUT2D eigenvalue weighted by Crippen LogP contribution is -2.46. The number of carbonyl (C=O) groups is 1. The van der Waals surface area contributed by atoms with Crippen LogP contribution >= 0.6 is 0 Å². The second-order valence-electron chi connectivity index (χ2n) is 7.94. The minimum Gasteiger partial charge on any atom is -0.508 e. The summed E-state index contributed by atoms with van der Waals surface area (Å²) in [5, 5.41) is 28.8. The SMILES string of the molecule is CN(C(=O)n1cnc(-c2ccc(O)c(O)c2)c1)C1CCN(Cc2cccc(O)c2)CC1. The van der Waals surface area contributed by atoms with Gasteiger partial charge in [-0.05, 0) is 48.7 Å². The number of phenols is 3. The molecule has 0 bridgehead atoms. The zero-order chi connectivity index (χ0) is 22.0. The summed E-state index contributed by atoms with van der Waals surface area (Å²) in [6, 6.07) is 11.7. The summed E-state index contributed by atoms with van der Waals surface area (Å²) in [6.45, 7) is 2.53. The minimum atomic E-state index is -0.229. The third-order valence-corrected chi connectivity index (χ3v) is 5.80. The molecular formula is C23H26N4O4. The highest BCUT2D eigenvalue weighted by atomic mass is 16.3. The molecule has 1 amide bonds. The summed E-state index contributed by atoms with van der Waals surface area (Å²) in [7, 11) is 1.81. The minimum absolute atomic E-state index is 0.136. The van der Waals surface area contributed by atoms with E-state index in [1.807, 2.05) is 19.2 Å². The number of amides is 1. The molecule has 4 rings (SSSR count). The number of aromatic nitrogens is 2. The summed E-state index contributed by atoms with van der Waals surface area (Å²) in [5.41, 5.74) is 2.23. The first-order valence-corrected chi connectivity index (χ1v) is 10.2. The van der Waals surface area contributed by atoms with Crippen molar-refractivity contribution >= 4 is 6.03 Å². The number of rotatable bonds is 4. The van der Waals surface area contributed by atoms with Crippen LogP contribution in [0.1, 0.15) is 18.4 Å². The first-order valence-electron chi connectivity index (χ1n) is 10.2. The first kappa shape index (κ1) is 20.7. The molecule has 3 N–H and O–H groups in total. The van der Waals surface area contributed by atoms with Gasteiger partial charge in [0.2, 0.25) is 0 Å². The number of hydrogen-bond acceptors (Lipinski definition) is 6. The van der Waals surface area contributed by atoms with E-state index in [9.17, 15) is 20.1 Å². The number of likely N-dealkylation sites (tertiary alicyclic amines) is 1. The van der Waals surface area contributed by atoms with Crippen LogP contribution in [-0.4, -0.2) is 66.9 Å². The van der Waals surface area contributed by atoms with E-state index in [0.717, 1.165) is 38.0 Å². The molecule has 8 nitrogen and oxygen atoms in total. The van der Waals surface area contributed by atoms with Gasteiger partial charge >= 0.3 is 6.03 Å². The summed E-state index contributed by atoms with van der Waals surface area (Å²) >= 11 is 0. The number of benzene rings is 2. The molecule has 8 heteroatoms. The van der Waals surface area contributed by atoms with Gasteiger partial charge in [-0.2, -0.15) is 0 Å². The number of imidazole rings is 1. The molecule has 1 fully saturated rings. The first-order chi connectivity index (χ1) is 14.9. The molecule has 2 aromatic carbocycles. The Kier molecular flexibility index (Phi) is 5.81. The molecule has 162 valence electrons. The Bertz CT molecular complexity index is 1070. The highest BCUT2D eigenvalue weighted by Gasteiger charge is 2.26. The normalized spacial score (nSPS) is 15.1. The average molecular weight is 422 g/mol. The lowest BCUT2D eigenvalue weighted by molar-refractivity contribution is 0.132. The Morgan fingerprint density at radius 2 is 1.87 bits per heavy atom. The number of aromatic hydroxyl groups is 3. The van der Waals surface area contributed by atoms with E-state index in [0.29, 0.717) is 11.3 Å². The fourth-order valence-corrected chi connectivity index (χ4v) is 3.98. The fourth-order valence-electron chi connectivity index (χ4n) is 3.98. The van der Waals surface area contributed by atoms with Gasteiger partial charge in [0.25, 0.3) is 0 Å². The van der Waals surface area contributed by atoms with Crippen LogP contribution in [0.25, 0.3) is 11.3 Å². The van der Waals surface area contributed by atoms with Crippen molar-refractivity contribution < 1.29 is 20.1 Å². The van der Waals surface area contributed by atoms with Gasteiger partial charge in [-0.1, -0.05) is 12.1 Å². The molecule has 0 aliphatic carbocycles. The number of phenolic OH excluding ortho intramolecular Hbond substituents is 3. The van der Waals surface area contributed by atoms with Gasteiger partial charge in [0, 0.05) is 44.5 Å². The summed E-state index contributed by atoms with van der Waals surface area (Å²) in [4.78, 5) is 21.3. The highest BCUT2D eigenvalue weighted by molar-refractivity contribution is 5.78. The molecule has 1 saturated heterocycles. The highest BCUT2D eigenvalue weighted by Crippen LogP contribution is 2.29. The molecule has 0 atom stereocenters. The van der Waals surface area contributed by atoms with E-state index in [4.69, 9.17) is 0 Å². The Balaban J connectivity index is 1.36. The molecule has 1 aliphatic rings. The zero-order valence-electron chi connectivity index (χ0n) is 17.3. The third kappa shape index (κ3) is 4.64. The molecule has 0 spiro atoms. The van der Waals surface area contributed by atoms with Crippen LogP contribution in [0.5, 0.6) is 17.2 Å². The van der Waals surface area contributed by atoms with Crippen molar-refractivity contribution in [3.63, 3.8) is 0 Å². The van der Waals surface area contributed by atoms with Gasteiger partial charge in [0.1, 0.15) is 12.1 Å². The van der Waals surface area contributed by atoms with Crippen molar-refractivity contribution in [2.45, 2.75) is 25.4 Å². The van der Waals surface area contributed by atoms with Gasteiger partial charge in [-0.15, -0.1) is 0 Å². The molecule has 0 radical (unpaired) electrons. The third-order valence-electron chi connectivity index (χ3n) is 5.80. The van der Waals surface area contributed by atoms with Gasteiger partial charge in [-0.25, -0.2) is 9.78 Å². The lowest BCUT2D eigenvalue weighted by Gasteiger charge is -2.36. The van der Waals surface area contributed by atoms with Gasteiger partial charge < -0.3 is 20.2 Å². The zero-order valence-corrected chi connectivity index (χ0v) is 17.3. The summed E-state index contributed by atoms with van der Waals surface area (Å²) in [5.74, 6) is -0.151. The van der Waals surface area contributed by atoms with E-state index < -0.39 is 0 Å². The van der Waals surface area contributed by atoms with Crippen LogP contribution in [0.2, 0.25) is 0 Å². The van der Waals surface area contributed by atoms with Crippen molar-refractivity contribution in [2.75, 3.05) is 20.1 Å². The molecular weight excluding hydrogens is 396 g/mol. The maximum atomic E-state index is 12.9. The van der Waals surface area contributed by atoms with Crippen molar-refractivity contribution in [2.24, 2.45) is 0 Å². The fraction of sp³-hybridized carbons (Fsp3) is 0.304. The number of piperidine rings is 1. The van der Waals surface area contributed by atoms with E-state index in [2.05, 4.69) is 9.88 Å². The van der Waals surface area contributed by atoms with E-state index >= 15 is 0 Å². The van der Waals surface area contributed by atoms with E-state index in [1.165, 1.54) is 23.0 Å². The lowest BCUT2D eigenvalue weighted by atomic mass is 10.0. The quantitative estimate of drug-likeness (QED) is 0.558. The van der Waals surface area contributed by atoms with Crippen molar-refractivity contribution in [3.05, 3.63) is 60.6 Å². The van der Waals surface area contributed by atoms with Gasteiger partial charge in [0.05, 0.1) is 5.69 Å². The van der Waals surface area contributed by atoms with E-state index in [-0.39, 0.29) is 29.3 Å². The van der Waals surface area contributed by atoms with Gasteiger partial charge in [0.15, 0.2) is 11.5 Å². The average Bonchev–Trinajstić information content (AvgIpc) is 3.25. The molecule has 0 unspecified atom stereocenters. The van der Waals surface area contributed by atoms with Crippen molar-refractivity contribution in [1.29, 1.82) is 0 Å². The molecule has 1 aromatic heterocycles. The number of hydrogen-bond donors (Lipinski definition) is 3. The second kappa shape index (κ2) is 8.69. The van der Waals surface area contributed by atoms with Crippen LogP contribution in [0, 0.1) is 0 Å². The summed E-state index contributed by atoms with van der Waals surface area (Å²) in [6.07, 6.45) is 4.83. The van der Waals surface area contributed by atoms with Crippen LogP contribution in [0.4, 0.5) is 4.79 Å². The van der Waals surface area contributed by atoms with Crippen molar-refractivity contribution in [1.82, 2.24) is 19.4 Å².